The van der Waals surface area contributed by atoms with Crippen molar-refractivity contribution >= 4 is 39.1 Å². The Kier molecular flexibility index (Phi) is 9.99. The molecule has 3 rings (SSSR count). The molecule has 0 aliphatic rings. The minimum Gasteiger partial charge on any atom is -0.495 e. The molecule has 3 aromatic rings. The molecule has 39 heavy (non-hydrogen) atoms. The fourth-order valence-corrected chi connectivity index (χ4v) is 5.63. The van der Waals surface area contributed by atoms with Gasteiger partial charge in [0.05, 0.1) is 22.7 Å². The zero-order chi connectivity index (χ0) is 28.7. The van der Waals surface area contributed by atoms with Crippen molar-refractivity contribution in [3.8, 4) is 5.75 Å². The van der Waals surface area contributed by atoms with Gasteiger partial charge in [0.1, 0.15) is 18.3 Å². The third kappa shape index (κ3) is 7.30. The topological polar surface area (TPSA) is 96.0 Å². The van der Waals surface area contributed by atoms with Crippen LogP contribution in [0, 0.1) is 13.8 Å². The van der Waals surface area contributed by atoms with Gasteiger partial charge in [0.2, 0.25) is 11.8 Å². The van der Waals surface area contributed by atoms with Gasteiger partial charge < -0.3 is 15.0 Å². The number of nitrogens with zero attached hydrogens (tertiary/aromatic N) is 2. The molecule has 1 unspecified atom stereocenters. The molecule has 0 bridgehead atoms. The molecule has 0 aliphatic heterocycles. The number of nitrogens with one attached hydrogen (secondary N) is 1. The summed E-state index contributed by atoms with van der Waals surface area (Å²) in [6, 6.07) is 17.6. The zero-order valence-electron chi connectivity index (χ0n) is 22.8. The monoisotopic (exact) mass is 571 g/mol. The van der Waals surface area contributed by atoms with Crippen LogP contribution in [0.1, 0.15) is 30.5 Å². The van der Waals surface area contributed by atoms with Crippen LogP contribution in [0.5, 0.6) is 5.75 Å². The van der Waals surface area contributed by atoms with Gasteiger partial charge in [0, 0.05) is 13.1 Å². The largest absolute Gasteiger partial charge is 0.495 e. The van der Waals surface area contributed by atoms with Crippen molar-refractivity contribution in [1.82, 2.24) is 10.2 Å². The highest BCUT2D eigenvalue weighted by molar-refractivity contribution is 7.92. The molecule has 2 amide bonds. The fraction of sp³-hybridized carbons (Fsp3) is 0.310. The van der Waals surface area contributed by atoms with E-state index in [2.05, 4.69) is 5.32 Å². The summed E-state index contributed by atoms with van der Waals surface area (Å²) in [6.45, 7) is 7.20. The molecular formula is C29H34ClN3O5S. The lowest BCUT2D eigenvalue weighted by Crippen LogP contribution is -2.51. The first-order chi connectivity index (χ1) is 18.5. The summed E-state index contributed by atoms with van der Waals surface area (Å²) in [7, 11) is -2.73. The van der Waals surface area contributed by atoms with Gasteiger partial charge in [0.15, 0.2) is 0 Å². The number of hydrogen-bond donors (Lipinski definition) is 1. The van der Waals surface area contributed by atoms with E-state index in [0.29, 0.717) is 12.3 Å². The summed E-state index contributed by atoms with van der Waals surface area (Å²) in [5.41, 5.74) is 2.95. The highest BCUT2D eigenvalue weighted by Crippen LogP contribution is 2.32. The summed E-state index contributed by atoms with van der Waals surface area (Å²) in [5.74, 6) is -0.513. The van der Waals surface area contributed by atoms with Gasteiger partial charge in [-0.3, -0.25) is 13.9 Å². The molecule has 0 spiro atoms. The molecular weight excluding hydrogens is 538 g/mol. The Hall–Kier alpha value is -3.56. The second-order valence-corrected chi connectivity index (χ2v) is 11.5. The lowest BCUT2D eigenvalue weighted by molar-refractivity contribution is -0.139. The predicted octanol–water partition coefficient (Wildman–Crippen LogP) is 4.71. The summed E-state index contributed by atoms with van der Waals surface area (Å²) in [4.78, 5) is 28.1. The Bertz CT molecular complexity index is 1410. The van der Waals surface area contributed by atoms with Crippen molar-refractivity contribution in [2.24, 2.45) is 0 Å². The first kappa shape index (κ1) is 30.0. The smallest absolute Gasteiger partial charge is 0.264 e. The lowest BCUT2D eigenvalue weighted by atomic mass is 10.1. The van der Waals surface area contributed by atoms with Gasteiger partial charge in [-0.05, 0) is 63.6 Å². The van der Waals surface area contributed by atoms with Crippen molar-refractivity contribution in [3.05, 3.63) is 88.4 Å². The van der Waals surface area contributed by atoms with Crippen molar-refractivity contribution in [2.75, 3.05) is 24.5 Å². The normalized spacial score (nSPS) is 11.9. The van der Waals surface area contributed by atoms with Crippen molar-refractivity contribution in [2.45, 2.75) is 45.2 Å². The van der Waals surface area contributed by atoms with E-state index in [-0.39, 0.29) is 28.1 Å². The predicted molar refractivity (Wildman–Crippen MR) is 154 cm³/mol. The number of ether oxygens (including phenoxy) is 1. The van der Waals surface area contributed by atoms with E-state index in [9.17, 15) is 18.0 Å². The highest BCUT2D eigenvalue weighted by Gasteiger charge is 2.32. The fourth-order valence-electron chi connectivity index (χ4n) is 3.97. The number of anilines is 1. The number of hydrogen-bond acceptors (Lipinski definition) is 5. The number of methoxy groups -OCH3 is 1. The number of carbonyl (C=O) groups excluding carboxylic acids is 2. The van der Waals surface area contributed by atoms with Crippen LogP contribution in [0.4, 0.5) is 5.69 Å². The van der Waals surface area contributed by atoms with E-state index in [1.165, 1.54) is 36.3 Å². The van der Waals surface area contributed by atoms with E-state index < -0.39 is 28.5 Å². The maximum absolute atomic E-state index is 13.9. The van der Waals surface area contributed by atoms with E-state index >= 15 is 0 Å². The molecule has 0 saturated carbocycles. The van der Waals surface area contributed by atoms with Crippen molar-refractivity contribution in [1.29, 1.82) is 0 Å². The molecule has 1 atom stereocenters. The average Bonchev–Trinajstić information content (AvgIpc) is 2.91. The number of halogens is 1. The number of amides is 2. The number of carbonyl (C=O) groups is 2. The van der Waals surface area contributed by atoms with Crippen LogP contribution in [0.2, 0.25) is 5.02 Å². The third-order valence-corrected chi connectivity index (χ3v) is 8.39. The van der Waals surface area contributed by atoms with Crippen LogP contribution >= 0.6 is 11.6 Å². The van der Waals surface area contributed by atoms with Crippen LogP contribution in [-0.2, 0) is 26.2 Å². The van der Waals surface area contributed by atoms with Crippen LogP contribution in [0.3, 0.4) is 0 Å². The first-order valence-electron chi connectivity index (χ1n) is 12.5. The van der Waals surface area contributed by atoms with Crippen LogP contribution in [-0.4, -0.2) is 51.4 Å². The van der Waals surface area contributed by atoms with Gasteiger partial charge in [-0.2, -0.15) is 0 Å². The second kappa shape index (κ2) is 13.0. The zero-order valence-corrected chi connectivity index (χ0v) is 24.3. The number of rotatable bonds is 11. The van der Waals surface area contributed by atoms with Crippen LogP contribution < -0.4 is 14.4 Å². The Morgan fingerprint density at radius 1 is 0.974 bits per heavy atom. The van der Waals surface area contributed by atoms with E-state index in [4.69, 9.17) is 16.3 Å². The Balaban J connectivity index is 2.06. The van der Waals surface area contributed by atoms with Crippen molar-refractivity contribution < 1.29 is 22.7 Å². The molecule has 0 aliphatic carbocycles. The minimum absolute atomic E-state index is 0.0229. The molecule has 0 radical (unpaired) electrons. The summed E-state index contributed by atoms with van der Waals surface area (Å²) >= 11 is 6.34. The minimum atomic E-state index is -4.18. The quantitative estimate of drug-likeness (QED) is 0.359. The van der Waals surface area contributed by atoms with E-state index in [1.807, 2.05) is 38.1 Å². The first-order valence-corrected chi connectivity index (χ1v) is 14.4. The molecule has 10 heteroatoms. The van der Waals surface area contributed by atoms with Gasteiger partial charge in [-0.25, -0.2) is 8.42 Å². The second-order valence-electron chi connectivity index (χ2n) is 9.22. The van der Waals surface area contributed by atoms with E-state index in [0.717, 1.165) is 21.0 Å². The molecule has 0 saturated heterocycles. The molecule has 208 valence electrons. The summed E-state index contributed by atoms with van der Waals surface area (Å²) < 4.78 is 34.0. The van der Waals surface area contributed by atoms with Gasteiger partial charge in [-0.1, -0.05) is 59.1 Å². The highest BCUT2D eigenvalue weighted by atomic mass is 35.5. The molecule has 8 nitrogen and oxygen atoms in total. The molecule has 3 aromatic carbocycles. The Morgan fingerprint density at radius 2 is 1.56 bits per heavy atom. The molecule has 1 N–H and O–H groups in total. The average molecular weight is 572 g/mol. The Morgan fingerprint density at radius 3 is 2.10 bits per heavy atom. The molecule has 0 heterocycles. The van der Waals surface area contributed by atoms with Gasteiger partial charge in [-0.15, -0.1) is 0 Å². The van der Waals surface area contributed by atoms with E-state index in [1.54, 1.807) is 32.0 Å². The lowest BCUT2D eigenvalue weighted by Gasteiger charge is -2.32. The third-order valence-electron chi connectivity index (χ3n) is 6.30. The summed E-state index contributed by atoms with van der Waals surface area (Å²) in [6.07, 6.45) is 0. The van der Waals surface area contributed by atoms with Crippen molar-refractivity contribution in [3.63, 3.8) is 0 Å². The number of aryl methyl sites for hydroxylation is 2. The number of likely N-dealkylation sites (N-methyl/N-ethyl adjacent to an activating group) is 1. The van der Waals surface area contributed by atoms with Crippen LogP contribution in [0.15, 0.2) is 71.6 Å². The Labute approximate surface area is 235 Å². The van der Waals surface area contributed by atoms with Gasteiger partial charge in [0.25, 0.3) is 10.0 Å². The standard InChI is InChI=1S/C29H34ClN3O5S/c1-6-31-29(35)22(4)32(18-23-11-7-20(2)8-12-23)28(34)19-33(24-13-16-27(38-5)26(30)17-24)39(36,37)25-14-9-21(3)10-15-25/h7-17,22H,6,18-19H2,1-5H3,(H,31,35). The molecule has 0 fully saturated rings. The number of sulfonamides is 1. The maximum atomic E-state index is 13.9. The SMILES string of the molecule is CCNC(=O)C(C)N(Cc1ccc(C)cc1)C(=O)CN(c1ccc(OC)c(Cl)c1)S(=O)(=O)c1ccc(C)cc1. The molecule has 0 aromatic heterocycles. The maximum Gasteiger partial charge on any atom is 0.264 e. The van der Waals surface area contributed by atoms with Gasteiger partial charge >= 0.3 is 0 Å². The number of benzene rings is 3. The summed E-state index contributed by atoms with van der Waals surface area (Å²) in [5, 5.41) is 2.94. The van der Waals surface area contributed by atoms with Crippen LogP contribution in [0.25, 0.3) is 0 Å².